The molecule has 0 aromatic carbocycles. The molecule has 2 rings (SSSR count). The fourth-order valence-corrected chi connectivity index (χ4v) is 1.48. The molecule has 0 fully saturated rings. The van der Waals surface area contributed by atoms with Crippen molar-refractivity contribution in [1.82, 2.24) is 0 Å². The molecule has 0 spiro atoms. The summed E-state index contributed by atoms with van der Waals surface area (Å²) >= 11 is 0. The fraction of sp³-hybridized carbons (Fsp3) is 0.444. The Hall–Kier alpha value is -1.65. The molecule has 0 aromatic heterocycles. The number of rotatable bonds is 2. The van der Waals surface area contributed by atoms with Crippen LogP contribution in [0.15, 0.2) is 45.0 Å². The van der Waals surface area contributed by atoms with Crippen LogP contribution in [0.4, 0.5) is 0 Å². The third-order valence-electron chi connectivity index (χ3n) is 2.38. The number of azo groups is 2. The van der Waals surface area contributed by atoms with E-state index in [9.17, 15) is 4.79 Å². The number of carbonyl (C=O) groups is 1. The Labute approximate surface area is 81.3 Å². The van der Waals surface area contributed by atoms with Gasteiger partial charge in [-0.05, 0) is 26.0 Å². The Morgan fingerprint density at radius 3 is 1.71 bits per heavy atom. The van der Waals surface area contributed by atoms with Gasteiger partial charge in [0, 0.05) is 12.4 Å². The van der Waals surface area contributed by atoms with E-state index < -0.39 is 11.1 Å². The van der Waals surface area contributed by atoms with E-state index in [0.717, 1.165) is 0 Å². The molecule has 0 amide bonds. The van der Waals surface area contributed by atoms with Crippen LogP contribution in [0.1, 0.15) is 13.8 Å². The van der Waals surface area contributed by atoms with E-state index in [1.807, 2.05) is 0 Å². The number of carbonyl (C=O) groups excluding carboxylic acids is 1. The van der Waals surface area contributed by atoms with Crippen molar-refractivity contribution in [3.05, 3.63) is 24.6 Å². The van der Waals surface area contributed by atoms with Crippen molar-refractivity contribution in [2.24, 2.45) is 20.5 Å². The summed E-state index contributed by atoms with van der Waals surface area (Å²) in [5, 5.41) is 15.1. The van der Waals surface area contributed by atoms with E-state index >= 15 is 0 Å². The molecule has 2 heterocycles. The minimum Gasteiger partial charge on any atom is -0.293 e. The van der Waals surface area contributed by atoms with Crippen LogP contribution in [-0.2, 0) is 4.79 Å². The predicted octanol–water partition coefficient (Wildman–Crippen LogP) is 2.03. The van der Waals surface area contributed by atoms with Gasteiger partial charge in [-0.2, -0.15) is 20.5 Å². The van der Waals surface area contributed by atoms with Crippen LogP contribution >= 0.6 is 0 Å². The number of Topliss-reactive ketones (excluding diaryl/α,β-unsaturated/α-hetero) is 1. The second-order valence-electron chi connectivity index (χ2n) is 3.69. The molecule has 2 atom stereocenters. The van der Waals surface area contributed by atoms with Crippen LogP contribution in [0, 0.1) is 0 Å². The Kier molecular flexibility index (Phi) is 1.70. The largest absolute Gasteiger partial charge is 0.293 e. The van der Waals surface area contributed by atoms with Gasteiger partial charge in [0.2, 0.25) is 0 Å². The summed E-state index contributed by atoms with van der Waals surface area (Å²) in [6.07, 6.45) is 6.39. The molecule has 2 aliphatic heterocycles. The molecular formula is C9H10N4O. The summed E-state index contributed by atoms with van der Waals surface area (Å²) < 4.78 is 0. The first-order valence-electron chi connectivity index (χ1n) is 4.31. The zero-order chi connectivity index (χ0) is 10.2. The molecular weight excluding hydrogens is 180 g/mol. The van der Waals surface area contributed by atoms with Crippen LogP contribution < -0.4 is 0 Å². The Morgan fingerprint density at radius 2 is 1.43 bits per heavy atom. The number of nitrogens with zero attached hydrogens (tertiary/aromatic N) is 4. The quantitative estimate of drug-likeness (QED) is 0.656. The highest BCUT2D eigenvalue weighted by Gasteiger charge is 2.45. The normalized spacial score (nSPS) is 38.4. The standard InChI is InChI=1S/C9H10N4O/c1-8(3-5-10-12-8)7(14)9(2)4-6-11-13-9/h3-6H,1-2H3. The van der Waals surface area contributed by atoms with Gasteiger partial charge in [-0.3, -0.25) is 4.79 Å². The minimum atomic E-state index is -0.886. The second kappa shape index (κ2) is 2.67. The van der Waals surface area contributed by atoms with E-state index in [1.54, 1.807) is 26.0 Å². The molecule has 0 radical (unpaired) electrons. The van der Waals surface area contributed by atoms with Crippen molar-refractivity contribution in [2.75, 3.05) is 0 Å². The van der Waals surface area contributed by atoms with Crippen LogP contribution in [0.2, 0.25) is 0 Å². The van der Waals surface area contributed by atoms with Crippen molar-refractivity contribution in [3.63, 3.8) is 0 Å². The third kappa shape index (κ3) is 1.13. The molecule has 0 N–H and O–H groups in total. The molecule has 14 heavy (non-hydrogen) atoms. The lowest BCUT2D eigenvalue weighted by Crippen LogP contribution is -2.43. The minimum absolute atomic E-state index is 0.111. The van der Waals surface area contributed by atoms with Crippen LogP contribution in [0.3, 0.4) is 0 Å². The number of hydrogen-bond acceptors (Lipinski definition) is 5. The highest BCUT2D eigenvalue weighted by molar-refractivity contribution is 6.00. The molecule has 5 nitrogen and oxygen atoms in total. The molecule has 5 heteroatoms. The van der Waals surface area contributed by atoms with Crippen LogP contribution in [0.5, 0.6) is 0 Å². The molecule has 0 aromatic rings. The first-order valence-corrected chi connectivity index (χ1v) is 4.31. The summed E-state index contributed by atoms with van der Waals surface area (Å²) in [5.74, 6) is -0.111. The molecule has 2 aliphatic rings. The maximum Gasteiger partial charge on any atom is 0.199 e. The van der Waals surface area contributed by atoms with Crippen molar-refractivity contribution in [3.8, 4) is 0 Å². The molecule has 72 valence electrons. The summed E-state index contributed by atoms with van der Waals surface area (Å²) in [4.78, 5) is 12.1. The summed E-state index contributed by atoms with van der Waals surface area (Å²) in [7, 11) is 0. The van der Waals surface area contributed by atoms with Gasteiger partial charge in [0.15, 0.2) is 16.9 Å². The van der Waals surface area contributed by atoms with Crippen molar-refractivity contribution >= 4 is 5.78 Å². The van der Waals surface area contributed by atoms with E-state index in [1.165, 1.54) is 12.4 Å². The SMILES string of the molecule is CC1(C(=O)C2(C)C=CN=N2)C=CN=N1. The smallest absolute Gasteiger partial charge is 0.199 e. The summed E-state index contributed by atoms with van der Waals surface area (Å²) in [5.41, 5.74) is -1.77. The van der Waals surface area contributed by atoms with Gasteiger partial charge in [-0.25, -0.2) is 0 Å². The van der Waals surface area contributed by atoms with Gasteiger partial charge < -0.3 is 0 Å². The lowest BCUT2D eigenvalue weighted by molar-refractivity contribution is -0.125. The summed E-state index contributed by atoms with van der Waals surface area (Å²) in [6, 6.07) is 0. The highest BCUT2D eigenvalue weighted by atomic mass is 16.1. The Balaban J connectivity index is 2.33. The zero-order valence-electron chi connectivity index (χ0n) is 8.01. The molecule has 2 unspecified atom stereocenters. The lowest BCUT2D eigenvalue weighted by atomic mass is 9.84. The molecule has 0 saturated heterocycles. The highest BCUT2D eigenvalue weighted by Crippen LogP contribution is 2.30. The third-order valence-corrected chi connectivity index (χ3v) is 2.38. The van der Waals surface area contributed by atoms with E-state index in [2.05, 4.69) is 20.5 Å². The van der Waals surface area contributed by atoms with Crippen molar-refractivity contribution in [2.45, 2.75) is 24.9 Å². The Morgan fingerprint density at radius 1 is 1.00 bits per heavy atom. The van der Waals surface area contributed by atoms with Gasteiger partial charge in [0.25, 0.3) is 0 Å². The maximum atomic E-state index is 12.1. The first kappa shape index (κ1) is 8.93. The van der Waals surface area contributed by atoms with E-state index in [0.29, 0.717) is 0 Å². The lowest BCUT2D eigenvalue weighted by Gasteiger charge is -2.23. The monoisotopic (exact) mass is 190 g/mol. The maximum absolute atomic E-state index is 12.1. The van der Waals surface area contributed by atoms with Crippen molar-refractivity contribution in [1.29, 1.82) is 0 Å². The van der Waals surface area contributed by atoms with Gasteiger partial charge in [-0.15, -0.1) is 0 Å². The zero-order valence-corrected chi connectivity index (χ0v) is 8.01. The van der Waals surface area contributed by atoms with E-state index in [4.69, 9.17) is 0 Å². The van der Waals surface area contributed by atoms with Gasteiger partial charge >= 0.3 is 0 Å². The summed E-state index contributed by atoms with van der Waals surface area (Å²) in [6.45, 7) is 3.44. The first-order chi connectivity index (χ1) is 6.57. The Bertz CT molecular complexity index is 332. The molecule has 0 aliphatic carbocycles. The van der Waals surface area contributed by atoms with E-state index in [-0.39, 0.29) is 5.78 Å². The molecule has 0 bridgehead atoms. The number of ketones is 1. The van der Waals surface area contributed by atoms with Gasteiger partial charge in [0.1, 0.15) is 0 Å². The second-order valence-corrected chi connectivity index (χ2v) is 3.69. The molecule has 0 saturated carbocycles. The number of hydrogen-bond donors (Lipinski definition) is 0. The predicted molar refractivity (Wildman–Crippen MR) is 49.8 cm³/mol. The van der Waals surface area contributed by atoms with Crippen LogP contribution in [-0.4, -0.2) is 16.9 Å². The van der Waals surface area contributed by atoms with Crippen molar-refractivity contribution < 1.29 is 4.79 Å². The topological polar surface area (TPSA) is 66.5 Å². The van der Waals surface area contributed by atoms with Crippen LogP contribution in [0.25, 0.3) is 0 Å². The van der Waals surface area contributed by atoms with Gasteiger partial charge in [0.05, 0.1) is 0 Å². The average molecular weight is 190 g/mol. The average Bonchev–Trinajstić information content (AvgIpc) is 2.75. The van der Waals surface area contributed by atoms with Gasteiger partial charge in [-0.1, -0.05) is 0 Å². The fourth-order valence-electron chi connectivity index (χ4n) is 1.48.